The summed E-state index contributed by atoms with van der Waals surface area (Å²) in [6.07, 6.45) is 8.51. The molecular weight excluding hydrogens is 370 g/mol. The molecule has 8 nitrogen and oxygen atoms in total. The number of nitrogens with one attached hydrogen (secondary N) is 1. The first-order valence-corrected chi connectivity index (χ1v) is 10.9. The number of hydrogen-bond acceptors (Lipinski definition) is 4. The molecule has 1 aliphatic carbocycles. The lowest BCUT2D eigenvalue weighted by Gasteiger charge is -2.41. The van der Waals surface area contributed by atoms with E-state index in [-0.39, 0.29) is 30.3 Å². The maximum absolute atomic E-state index is 13.0. The molecule has 3 aliphatic rings. The van der Waals surface area contributed by atoms with Gasteiger partial charge in [0.25, 0.3) is 11.8 Å². The van der Waals surface area contributed by atoms with E-state index in [4.69, 9.17) is 0 Å². The number of nitrogens with zero attached hydrogens (tertiary/aromatic N) is 4. The molecule has 1 saturated heterocycles. The first-order chi connectivity index (χ1) is 13.9. The number of hydrogen-bond donors (Lipinski definition) is 1. The fourth-order valence-corrected chi connectivity index (χ4v) is 4.68. The van der Waals surface area contributed by atoms with Crippen molar-refractivity contribution >= 4 is 17.7 Å². The van der Waals surface area contributed by atoms with Crippen molar-refractivity contribution in [2.24, 2.45) is 0 Å². The van der Waals surface area contributed by atoms with Gasteiger partial charge in [-0.05, 0) is 32.6 Å². The minimum atomic E-state index is -1.03. The Morgan fingerprint density at radius 1 is 1.10 bits per heavy atom. The Morgan fingerprint density at radius 2 is 1.76 bits per heavy atom. The summed E-state index contributed by atoms with van der Waals surface area (Å²) >= 11 is 0. The van der Waals surface area contributed by atoms with E-state index >= 15 is 0 Å². The summed E-state index contributed by atoms with van der Waals surface area (Å²) in [5, 5.41) is 7.56. The quantitative estimate of drug-likeness (QED) is 0.837. The molecule has 1 atom stereocenters. The minimum absolute atomic E-state index is 0.124. The van der Waals surface area contributed by atoms with Crippen molar-refractivity contribution in [1.82, 2.24) is 24.9 Å². The molecule has 4 rings (SSSR count). The molecule has 3 amide bonds. The maximum Gasteiger partial charge on any atom is 0.274 e. The lowest BCUT2D eigenvalue weighted by molar-refractivity contribution is -0.133. The number of amides is 3. The molecule has 0 unspecified atom stereocenters. The number of likely N-dealkylation sites (tertiary alicyclic amines) is 1. The molecule has 1 aromatic rings. The smallest absolute Gasteiger partial charge is 0.274 e. The lowest BCUT2D eigenvalue weighted by atomic mass is 9.95. The van der Waals surface area contributed by atoms with E-state index in [1.165, 1.54) is 4.90 Å². The highest BCUT2D eigenvalue weighted by Gasteiger charge is 2.47. The Kier molecular flexibility index (Phi) is 5.36. The first-order valence-electron chi connectivity index (χ1n) is 10.9. The van der Waals surface area contributed by atoms with Crippen molar-refractivity contribution in [2.75, 3.05) is 20.1 Å². The molecule has 2 fully saturated rings. The van der Waals surface area contributed by atoms with Crippen LogP contribution in [0.25, 0.3) is 0 Å². The highest BCUT2D eigenvalue weighted by Crippen LogP contribution is 2.28. The van der Waals surface area contributed by atoms with Gasteiger partial charge in [-0.1, -0.05) is 25.7 Å². The lowest BCUT2D eigenvalue weighted by Crippen LogP contribution is -2.63. The highest BCUT2D eigenvalue weighted by molar-refractivity contribution is 6.01. The predicted molar refractivity (Wildman–Crippen MR) is 107 cm³/mol. The molecule has 0 aromatic carbocycles. The predicted octanol–water partition coefficient (Wildman–Crippen LogP) is 1.80. The fourth-order valence-electron chi connectivity index (χ4n) is 4.68. The van der Waals surface area contributed by atoms with Crippen LogP contribution in [-0.4, -0.2) is 69.0 Å². The van der Waals surface area contributed by atoms with Crippen molar-refractivity contribution in [3.05, 3.63) is 17.5 Å². The van der Waals surface area contributed by atoms with Crippen LogP contribution in [0.2, 0.25) is 0 Å². The van der Waals surface area contributed by atoms with Gasteiger partial charge in [0.1, 0.15) is 11.2 Å². The summed E-state index contributed by atoms with van der Waals surface area (Å²) in [6.45, 7) is 3.49. The zero-order valence-corrected chi connectivity index (χ0v) is 17.4. The summed E-state index contributed by atoms with van der Waals surface area (Å²) in [5.41, 5.74) is -0.359. The first kappa shape index (κ1) is 19.9. The van der Waals surface area contributed by atoms with Crippen molar-refractivity contribution < 1.29 is 14.4 Å². The topological polar surface area (TPSA) is 87.5 Å². The SMILES string of the molecule is CN1C(=O)c2cc(C(=O)N3CCCCCC3)nn2C[C@]1(C)C(=O)NC1CCCC1. The average Bonchev–Trinajstić information content (AvgIpc) is 3.28. The number of carbonyl (C=O) groups excluding carboxylic acids is 3. The van der Waals surface area contributed by atoms with Crippen molar-refractivity contribution in [2.45, 2.75) is 76.4 Å². The molecule has 1 aromatic heterocycles. The van der Waals surface area contributed by atoms with Gasteiger partial charge in [-0.25, -0.2) is 0 Å². The molecule has 1 saturated carbocycles. The third kappa shape index (κ3) is 3.65. The number of aromatic nitrogens is 2. The van der Waals surface area contributed by atoms with E-state index in [1.807, 2.05) is 4.90 Å². The number of fused-ring (bicyclic) bond motifs is 1. The Labute approximate surface area is 171 Å². The zero-order valence-electron chi connectivity index (χ0n) is 17.4. The number of likely N-dealkylation sites (N-methyl/N-ethyl adjacent to an activating group) is 1. The molecule has 8 heteroatoms. The second-order valence-electron chi connectivity index (χ2n) is 8.87. The standard InChI is InChI=1S/C21H31N5O3/c1-21(20(29)22-15-9-5-6-10-15)14-26-17(19(28)24(21)2)13-16(23-26)18(27)25-11-7-3-4-8-12-25/h13,15H,3-12,14H2,1-2H3,(H,22,29)/t21-/m1/s1. The van der Waals surface area contributed by atoms with Gasteiger partial charge in [0.05, 0.1) is 6.54 Å². The van der Waals surface area contributed by atoms with Crippen LogP contribution in [0.3, 0.4) is 0 Å². The van der Waals surface area contributed by atoms with Gasteiger partial charge in [0.2, 0.25) is 5.91 Å². The molecule has 29 heavy (non-hydrogen) atoms. The largest absolute Gasteiger partial charge is 0.351 e. The van der Waals surface area contributed by atoms with Crippen LogP contribution in [0.4, 0.5) is 0 Å². The van der Waals surface area contributed by atoms with Gasteiger partial charge in [-0.15, -0.1) is 0 Å². The van der Waals surface area contributed by atoms with Gasteiger partial charge < -0.3 is 15.1 Å². The van der Waals surface area contributed by atoms with Crippen LogP contribution in [-0.2, 0) is 11.3 Å². The average molecular weight is 402 g/mol. The molecule has 0 bridgehead atoms. The molecule has 0 radical (unpaired) electrons. The van der Waals surface area contributed by atoms with Crippen LogP contribution in [0.15, 0.2) is 6.07 Å². The van der Waals surface area contributed by atoms with Crippen LogP contribution >= 0.6 is 0 Å². The Morgan fingerprint density at radius 3 is 2.41 bits per heavy atom. The molecule has 2 aliphatic heterocycles. The second-order valence-corrected chi connectivity index (χ2v) is 8.87. The third-order valence-corrected chi connectivity index (χ3v) is 6.79. The second kappa shape index (κ2) is 7.80. The molecule has 0 spiro atoms. The van der Waals surface area contributed by atoms with Crippen molar-refractivity contribution in [1.29, 1.82) is 0 Å². The van der Waals surface area contributed by atoms with E-state index < -0.39 is 5.54 Å². The monoisotopic (exact) mass is 401 g/mol. The Hall–Kier alpha value is -2.38. The van der Waals surface area contributed by atoms with Gasteiger partial charge in [-0.3, -0.25) is 19.1 Å². The molecule has 158 valence electrons. The van der Waals surface area contributed by atoms with Crippen LogP contribution in [0, 0.1) is 0 Å². The molecular formula is C21H31N5O3. The van der Waals surface area contributed by atoms with Gasteiger partial charge in [-0.2, -0.15) is 5.10 Å². The summed E-state index contributed by atoms with van der Waals surface area (Å²) in [4.78, 5) is 42.3. The van der Waals surface area contributed by atoms with Crippen molar-refractivity contribution in [3.63, 3.8) is 0 Å². The molecule has 1 N–H and O–H groups in total. The Bertz CT molecular complexity index is 805. The van der Waals surface area contributed by atoms with Crippen molar-refractivity contribution in [3.8, 4) is 0 Å². The maximum atomic E-state index is 13.0. The third-order valence-electron chi connectivity index (χ3n) is 6.79. The van der Waals surface area contributed by atoms with E-state index in [0.717, 1.165) is 64.5 Å². The minimum Gasteiger partial charge on any atom is -0.351 e. The normalized spacial score (nSPS) is 25.7. The van der Waals surface area contributed by atoms with Crippen LogP contribution in [0.5, 0.6) is 0 Å². The summed E-state index contributed by atoms with van der Waals surface area (Å²) in [5.74, 6) is -0.550. The summed E-state index contributed by atoms with van der Waals surface area (Å²) < 4.78 is 1.54. The zero-order chi connectivity index (χ0) is 20.6. The summed E-state index contributed by atoms with van der Waals surface area (Å²) in [7, 11) is 1.66. The summed E-state index contributed by atoms with van der Waals surface area (Å²) in [6, 6.07) is 1.77. The van der Waals surface area contributed by atoms with Gasteiger partial charge in [0.15, 0.2) is 5.69 Å². The van der Waals surface area contributed by atoms with E-state index in [0.29, 0.717) is 11.4 Å². The van der Waals surface area contributed by atoms with E-state index in [1.54, 1.807) is 24.7 Å². The van der Waals surface area contributed by atoms with E-state index in [9.17, 15) is 14.4 Å². The number of carbonyl (C=O) groups is 3. The fraction of sp³-hybridized carbons (Fsp3) is 0.714. The van der Waals surface area contributed by atoms with Crippen LogP contribution in [0.1, 0.15) is 79.3 Å². The van der Waals surface area contributed by atoms with E-state index in [2.05, 4.69) is 10.4 Å². The van der Waals surface area contributed by atoms with Crippen LogP contribution < -0.4 is 5.32 Å². The molecule has 3 heterocycles. The Balaban J connectivity index is 1.55. The highest BCUT2D eigenvalue weighted by atomic mass is 16.2. The van der Waals surface area contributed by atoms with Gasteiger partial charge in [0, 0.05) is 32.2 Å². The number of rotatable bonds is 3. The van der Waals surface area contributed by atoms with Gasteiger partial charge >= 0.3 is 0 Å².